The number of amides is 1. The van der Waals surface area contributed by atoms with Crippen molar-refractivity contribution in [1.29, 1.82) is 0 Å². The van der Waals surface area contributed by atoms with Crippen LogP contribution >= 0.6 is 11.8 Å². The molecule has 0 aliphatic carbocycles. The summed E-state index contributed by atoms with van der Waals surface area (Å²) in [6.45, 7) is 3.22. The van der Waals surface area contributed by atoms with Gasteiger partial charge in [0.1, 0.15) is 0 Å². The molecule has 0 spiro atoms. The highest BCUT2D eigenvalue weighted by molar-refractivity contribution is 7.98. The topological polar surface area (TPSA) is 72.2 Å². The van der Waals surface area contributed by atoms with Crippen molar-refractivity contribution >= 4 is 29.1 Å². The average Bonchev–Trinajstić information content (AvgIpc) is 3.03. The van der Waals surface area contributed by atoms with E-state index in [-0.39, 0.29) is 18.1 Å². The van der Waals surface area contributed by atoms with E-state index in [2.05, 4.69) is 20.4 Å². The zero-order valence-electron chi connectivity index (χ0n) is 14.8. The number of aryl methyl sites for hydroxylation is 2. The highest BCUT2D eigenvalue weighted by atomic mass is 32.2. The number of nitrogens with zero attached hydrogens (tertiary/aromatic N) is 4. The zero-order valence-corrected chi connectivity index (χ0v) is 15.6. The summed E-state index contributed by atoms with van der Waals surface area (Å²) in [6.07, 6.45) is -2.76. The summed E-state index contributed by atoms with van der Waals surface area (Å²) in [4.78, 5) is 20.9. The maximum Gasteiger partial charge on any atom is 0.453 e. The molecule has 0 unspecified atom stereocenters. The maximum atomic E-state index is 12.8. The normalized spacial score (nSPS) is 11.8. The molecule has 3 aromatic rings. The van der Waals surface area contributed by atoms with E-state index in [1.807, 2.05) is 24.5 Å². The third-order valence-corrected chi connectivity index (χ3v) is 4.72. The zero-order chi connectivity index (χ0) is 19.8. The molecule has 1 amide bonds. The van der Waals surface area contributed by atoms with Crippen molar-refractivity contribution in [2.75, 3.05) is 11.6 Å². The number of aromatic nitrogens is 4. The average molecular weight is 395 g/mol. The Hall–Kier alpha value is -2.62. The molecule has 2 aromatic heterocycles. The van der Waals surface area contributed by atoms with Gasteiger partial charge < -0.3 is 5.32 Å². The molecule has 6 nitrogen and oxygen atoms in total. The fraction of sp³-hybridized carbons (Fsp3) is 0.294. The van der Waals surface area contributed by atoms with Gasteiger partial charge in [-0.3, -0.25) is 4.79 Å². The molecular formula is C17H16F3N5OS. The number of thioether (sulfide) groups is 1. The number of halogens is 3. The van der Waals surface area contributed by atoms with E-state index in [1.165, 1.54) is 0 Å². The second kappa shape index (κ2) is 7.18. The van der Waals surface area contributed by atoms with Crippen LogP contribution in [0.3, 0.4) is 0 Å². The van der Waals surface area contributed by atoms with E-state index >= 15 is 0 Å². The Morgan fingerprint density at radius 2 is 2.00 bits per heavy atom. The van der Waals surface area contributed by atoms with Crippen LogP contribution in [0.5, 0.6) is 0 Å². The minimum Gasteiger partial charge on any atom is -0.326 e. The fourth-order valence-electron chi connectivity index (χ4n) is 2.65. The molecule has 142 valence electrons. The molecule has 3 rings (SSSR count). The van der Waals surface area contributed by atoms with Crippen LogP contribution in [0, 0.1) is 13.8 Å². The molecule has 1 aromatic carbocycles. The summed E-state index contributed by atoms with van der Waals surface area (Å²) in [6, 6.07) is 7.37. The number of benzene rings is 1. The highest BCUT2D eigenvalue weighted by Gasteiger charge is 2.37. The number of hydrogen-bond donors (Lipinski definition) is 1. The smallest absolute Gasteiger partial charge is 0.326 e. The van der Waals surface area contributed by atoms with Crippen molar-refractivity contribution in [3.63, 3.8) is 0 Å². The minimum atomic E-state index is -4.66. The molecule has 0 bridgehead atoms. The summed E-state index contributed by atoms with van der Waals surface area (Å²) in [5.74, 6) is -1.70. The van der Waals surface area contributed by atoms with Crippen LogP contribution in [0.25, 0.3) is 5.78 Å². The van der Waals surface area contributed by atoms with Crippen LogP contribution in [-0.4, -0.2) is 31.7 Å². The molecule has 0 saturated heterocycles. The maximum absolute atomic E-state index is 12.8. The monoisotopic (exact) mass is 395 g/mol. The summed E-state index contributed by atoms with van der Waals surface area (Å²) >= 11 is 1.55. The second-order valence-corrected chi connectivity index (χ2v) is 6.74. The molecule has 0 aliphatic heterocycles. The molecule has 0 atom stereocenters. The molecule has 0 saturated carbocycles. The van der Waals surface area contributed by atoms with Gasteiger partial charge in [-0.05, 0) is 38.3 Å². The van der Waals surface area contributed by atoms with Crippen LogP contribution in [0.2, 0.25) is 0 Å². The van der Waals surface area contributed by atoms with Crippen LogP contribution < -0.4 is 5.32 Å². The van der Waals surface area contributed by atoms with E-state index in [0.29, 0.717) is 22.6 Å². The van der Waals surface area contributed by atoms with Crippen LogP contribution in [0.1, 0.15) is 22.8 Å². The molecule has 1 N–H and O–H groups in total. The molecule has 0 aliphatic rings. The van der Waals surface area contributed by atoms with Crippen LogP contribution in [0.4, 0.5) is 18.9 Å². The van der Waals surface area contributed by atoms with Gasteiger partial charge in [0, 0.05) is 27.5 Å². The number of anilines is 1. The number of hydrogen-bond acceptors (Lipinski definition) is 5. The van der Waals surface area contributed by atoms with Gasteiger partial charge in [-0.2, -0.15) is 18.2 Å². The van der Waals surface area contributed by atoms with Crippen molar-refractivity contribution < 1.29 is 18.0 Å². The van der Waals surface area contributed by atoms with Crippen molar-refractivity contribution in [3.8, 4) is 0 Å². The molecule has 10 heteroatoms. The Bertz CT molecular complexity index is 1020. The van der Waals surface area contributed by atoms with Gasteiger partial charge in [0.25, 0.3) is 11.6 Å². The lowest BCUT2D eigenvalue weighted by atomic mass is 10.1. The van der Waals surface area contributed by atoms with Gasteiger partial charge in [-0.1, -0.05) is 6.07 Å². The highest BCUT2D eigenvalue weighted by Crippen LogP contribution is 2.27. The summed E-state index contributed by atoms with van der Waals surface area (Å²) in [7, 11) is 0. The number of carbonyl (C=O) groups excluding carboxylic acids is 1. The number of carbonyl (C=O) groups is 1. The third kappa shape index (κ3) is 4.05. The lowest BCUT2D eigenvalue weighted by Crippen LogP contribution is -2.17. The van der Waals surface area contributed by atoms with Crippen LogP contribution in [0.15, 0.2) is 29.2 Å². The molecular weight excluding hydrogens is 379 g/mol. The predicted octanol–water partition coefficient (Wildman–Crippen LogP) is 3.66. The molecule has 0 radical (unpaired) electrons. The minimum absolute atomic E-state index is 0.0364. The third-order valence-electron chi connectivity index (χ3n) is 3.99. The number of alkyl halides is 3. The first-order valence-electron chi connectivity index (χ1n) is 7.93. The standard InChI is InChI=1S/C17H16F3N5OS/c1-9-13(8-14(26)22-11-5-4-6-12(7-11)27-3)10(2)25-16(21-9)23-15(24-25)17(18,19)20/h4-7H,8H2,1-3H3,(H,22,26). The Labute approximate surface area is 157 Å². The van der Waals surface area contributed by atoms with Gasteiger partial charge in [0.2, 0.25) is 5.91 Å². The van der Waals surface area contributed by atoms with E-state index in [1.54, 1.807) is 31.7 Å². The Morgan fingerprint density at radius 3 is 2.67 bits per heavy atom. The van der Waals surface area contributed by atoms with E-state index in [0.717, 1.165) is 9.41 Å². The first-order chi connectivity index (χ1) is 12.7. The van der Waals surface area contributed by atoms with Gasteiger partial charge in [-0.25, -0.2) is 9.50 Å². The second-order valence-electron chi connectivity index (χ2n) is 5.86. The summed E-state index contributed by atoms with van der Waals surface area (Å²) in [5, 5.41) is 6.27. The Morgan fingerprint density at radius 1 is 1.26 bits per heavy atom. The van der Waals surface area contributed by atoms with Crippen molar-refractivity contribution in [2.45, 2.75) is 31.3 Å². The van der Waals surface area contributed by atoms with Crippen molar-refractivity contribution in [1.82, 2.24) is 19.6 Å². The SMILES string of the molecule is CSc1cccc(NC(=O)Cc2c(C)nc3nc(C(F)(F)F)nn3c2C)c1. The van der Waals surface area contributed by atoms with Gasteiger partial charge >= 0.3 is 6.18 Å². The van der Waals surface area contributed by atoms with Crippen molar-refractivity contribution in [3.05, 3.63) is 47.0 Å². The first-order valence-corrected chi connectivity index (χ1v) is 9.15. The molecule has 2 heterocycles. The number of fused-ring (bicyclic) bond motifs is 1. The molecule has 0 fully saturated rings. The lowest BCUT2D eigenvalue weighted by molar-refractivity contribution is -0.144. The van der Waals surface area contributed by atoms with Crippen molar-refractivity contribution in [2.24, 2.45) is 0 Å². The van der Waals surface area contributed by atoms with E-state index < -0.39 is 12.0 Å². The summed E-state index contributed by atoms with van der Waals surface area (Å²) in [5.41, 5.74) is 2.00. The quantitative estimate of drug-likeness (QED) is 0.683. The first kappa shape index (κ1) is 19.2. The van der Waals surface area contributed by atoms with Crippen LogP contribution in [-0.2, 0) is 17.4 Å². The van der Waals surface area contributed by atoms with Gasteiger partial charge in [-0.15, -0.1) is 16.9 Å². The largest absolute Gasteiger partial charge is 0.453 e. The number of rotatable bonds is 4. The lowest BCUT2D eigenvalue weighted by Gasteiger charge is -2.11. The molecule has 27 heavy (non-hydrogen) atoms. The Balaban J connectivity index is 1.88. The fourth-order valence-corrected chi connectivity index (χ4v) is 3.11. The number of nitrogens with one attached hydrogen (secondary N) is 1. The van der Waals surface area contributed by atoms with E-state index in [9.17, 15) is 18.0 Å². The van der Waals surface area contributed by atoms with Gasteiger partial charge in [0.15, 0.2) is 0 Å². The van der Waals surface area contributed by atoms with Gasteiger partial charge in [0.05, 0.1) is 6.42 Å². The van der Waals surface area contributed by atoms with E-state index in [4.69, 9.17) is 0 Å². The Kier molecular flexibility index (Phi) is 5.09. The summed E-state index contributed by atoms with van der Waals surface area (Å²) < 4.78 is 39.5. The predicted molar refractivity (Wildman–Crippen MR) is 95.8 cm³/mol.